The Morgan fingerprint density at radius 2 is 2.25 bits per heavy atom. The van der Waals surface area contributed by atoms with Crippen LogP contribution >= 0.6 is 0 Å². The SMILES string of the molecule is O=C(O)[C@H]1CCCN1C(=O)c1cc2c(cn1)OCCC2. The lowest BCUT2D eigenvalue weighted by Gasteiger charge is -2.22. The van der Waals surface area contributed by atoms with Gasteiger partial charge in [-0.15, -0.1) is 0 Å². The molecular weight excluding hydrogens is 260 g/mol. The van der Waals surface area contributed by atoms with E-state index in [1.165, 1.54) is 4.90 Å². The molecule has 1 fully saturated rings. The highest BCUT2D eigenvalue weighted by molar-refractivity contribution is 5.95. The Morgan fingerprint density at radius 3 is 3.05 bits per heavy atom. The Labute approximate surface area is 116 Å². The van der Waals surface area contributed by atoms with Gasteiger partial charge in [0.25, 0.3) is 5.91 Å². The van der Waals surface area contributed by atoms with Crippen LogP contribution in [-0.2, 0) is 11.2 Å². The average molecular weight is 276 g/mol. The number of nitrogens with zero attached hydrogens (tertiary/aromatic N) is 2. The van der Waals surface area contributed by atoms with E-state index in [-0.39, 0.29) is 5.91 Å². The lowest BCUT2D eigenvalue weighted by Crippen LogP contribution is -2.40. The minimum absolute atomic E-state index is 0.303. The monoisotopic (exact) mass is 276 g/mol. The third-order valence-electron chi connectivity index (χ3n) is 3.81. The summed E-state index contributed by atoms with van der Waals surface area (Å²) in [5.74, 6) is -0.524. The Balaban J connectivity index is 1.85. The fourth-order valence-electron chi connectivity index (χ4n) is 2.79. The lowest BCUT2D eigenvalue weighted by atomic mass is 10.1. The zero-order valence-corrected chi connectivity index (χ0v) is 11.0. The van der Waals surface area contributed by atoms with Crippen LogP contribution in [0, 0.1) is 0 Å². The van der Waals surface area contributed by atoms with Crippen molar-refractivity contribution in [3.05, 3.63) is 23.5 Å². The maximum absolute atomic E-state index is 12.4. The van der Waals surface area contributed by atoms with Crippen LogP contribution in [0.15, 0.2) is 12.3 Å². The Hall–Kier alpha value is -2.11. The van der Waals surface area contributed by atoms with E-state index in [0.29, 0.717) is 25.3 Å². The Morgan fingerprint density at radius 1 is 1.40 bits per heavy atom. The summed E-state index contributed by atoms with van der Waals surface area (Å²) >= 11 is 0. The number of hydrogen-bond acceptors (Lipinski definition) is 4. The van der Waals surface area contributed by atoms with Crippen molar-refractivity contribution in [3.8, 4) is 5.75 Å². The number of rotatable bonds is 2. The van der Waals surface area contributed by atoms with E-state index < -0.39 is 12.0 Å². The zero-order valence-electron chi connectivity index (χ0n) is 11.0. The molecule has 0 radical (unpaired) electrons. The minimum Gasteiger partial charge on any atom is -0.492 e. The van der Waals surface area contributed by atoms with Crippen molar-refractivity contribution in [1.82, 2.24) is 9.88 Å². The van der Waals surface area contributed by atoms with Crippen molar-refractivity contribution in [3.63, 3.8) is 0 Å². The second-order valence-electron chi connectivity index (χ2n) is 5.12. The highest BCUT2D eigenvalue weighted by atomic mass is 16.5. The second kappa shape index (κ2) is 5.11. The van der Waals surface area contributed by atoms with E-state index in [1.807, 2.05) is 0 Å². The number of carbonyl (C=O) groups excluding carboxylic acids is 1. The van der Waals surface area contributed by atoms with Gasteiger partial charge in [-0.05, 0) is 37.3 Å². The molecule has 3 heterocycles. The molecule has 0 bridgehead atoms. The van der Waals surface area contributed by atoms with Crippen LogP contribution in [0.3, 0.4) is 0 Å². The van der Waals surface area contributed by atoms with Crippen molar-refractivity contribution in [1.29, 1.82) is 0 Å². The van der Waals surface area contributed by atoms with Gasteiger partial charge in [-0.2, -0.15) is 0 Å². The fourth-order valence-corrected chi connectivity index (χ4v) is 2.79. The molecule has 0 aromatic carbocycles. The number of aryl methyl sites for hydroxylation is 1. The van der Waals surface area contributed by atoms with Gasteiger partial charge in [-0.1, -0.05) is 0 Å². The van der Waals surface area contributed by atoms with Gasteiger partial charge in [0.15, 0.2) is 0 Å². The van der Waals surface area contributed by atoms with Gasteiger partial charge in [0.05, 0.1) is 12.8 Å². The standard InChI is InChI=1S/C14H16N2O4/c17-13(16-5-1-4-11(16)14(18)19)10-7-9-3-2-6-20-12(9)8-15-10/h7-8,11H,1-6H2,(H,18,19)/t11-/m1/s1. The smallest absolute Gasteiger partial charge is 0.326 e. The van der Waals surface area contributed by atoms with Crippen LogP contribution in [-0.4, -0.2) is 46.1 Å². The van der Waals surface area contributed by atoms with Crippen LogP contribution in [0.5, 0.6) is 5.75 Å². The fraction of sp³-hybridized carbons (Fsp3) is 0.500. The number of amides is 1. The third-order valence-corrected chi connectivity index (χ3v) is 3.81. The van der Waals surface area contributed by atoms with E-state index in [1.54, 1.807) is 12.3 Å². The topological polar surface area (TPSA) is 79.7 Å². The van der Waals surface area contributed by atoms with Crippen molar-refractivity contribution < 1.29 is 19.4 Å². The van der Waals surface area contributed by atoms with E-state index >= 15 is 0 Å². The summed E-state index contributed by atoms with van der Waals surface area (Å²) in [6.45, 7) is 1.15. The van der Waals surface area contributed by atoms with Crippen LogP contribution < -0.4 is 4.74 Å². The van der Waals surface area contributed by atoms with Gasteiger partial charge in [-0.3, -0.25) is 4.79 Å². The summed E-state index contributed by atoms with van der Waals surface area (Å²) in [5, 5.41) is 9.14. The number of carboxylic acid groups (broad SMARTS) is 1. The van der Waals surface area contributed by atoms with Gasteiger partial charge in [0, 0.05) is 6.54 Å². The molecule has 6 nitrogen and oxygen atoms in total. The van der Waals surface area contributed by atoms with Crippen LogP contribution in [0.25, 0.3) is 0 Å². The number of pyridine rings is 1. The molecule has 20 heavy (non-hydrogen) atoms. The molecule has 0 spiro atoms. The second-order valence-corrected chi connectivity index (χ2v) is 5.12. The Kier molecular flexibility index (Phi) is 3.30. The first-order valence-corrected chi connectivity index (χ1v) is 6.82. The molecule has 0 unspecified atom stereocenters. The van der Waals surface area contributed by atoms with E-state index in [9.17, 15) is 9.59 Å². The van der Waals surface area contributed by atoms with Crippen molar-refractivity contribution >= 4 is 11.9 Å². The number of fused-ring (bicyclic) bond motifs is 1. The molecule has 106 valence electrons. The molecule has 1 aromatic heterocycles. The van der Waals surface area contributed by atoms with Gasteiger partial charge >= 0.3 is 5.97 Å². The minimum atomic E-state index is -0.947. The quantitative estimate of drug-likeness (QED) is 0.874. The number of hydrogen-bond donors (Lipinski definition) is 1. The predicted molar refractivity (Wildman–Crippen MR) is 69.7 cm³/mol. The molecule has 1 amide bonds. The van der Waals surface area contributed by atoms with Gasteiger partial charge in [0.1, 0.15) is 17.5 Å². The molecule has 1 aromatic rings. The molecule has 6 heteroatoms. The van der Waals surface area contributed by atoms with Gasteiger partial charge in [0.2, 0.25) is 0 Å². The number of ether oxygens (including phenoxy) is 1. The summed E-state index contributed by atoms with van der Waals surface area (Å²) in [6.07, 6.45) is 4.58. The van der Waals surface area contributed by atoms with Crippen LogP contribution in [0.4, 0.5) is 0 Å². The molecule has 2 aliphatic heterocycles. The molecule has 3 rings (SSSR count). The first-order valence-electron chi connectivity index (χ1n) is 6.82. The highest BCUT2D eigenvalue weighted by Gasteiger charge is 2.35. The molecule has 1 saturated heterocycles. The number of carboxylic acids is 1. The van der Waals surface area contributed by atoms with Crippen LogP contribution in [0.1, 0.15) is 35.3 Å². The highest BCUT2D eigenvalue weighted by Crippen LogP contribution is 2.26. The number of aliphatic carboxylic acids is 1. The van der Waals surface area contributed by atoms with Crippen molar-refractivity contribution in [2.45, 2.75) is 31.7 Å². The van der Waals surface area contributed by atoms with Gasteiger partial charge < -0.3 is 14.7 Å². The summed E-state index contributed by atoms with van der Waals surface area (Å²) in [4.78, 5) is 29.1. The molecular formula is C14H16N2O4. The lowest BCUT2D eigenvalue weighted by molar-refractivity contribution is -0.141. The van der Waals surface area contributed by atoms with E-state index in [4.69, 9.17) is 9.84 Å². The third kappa shape index (κ3) is 2.21. The summed E-state index contributed by atoms with van der Waals surface area (Å²) in [5.41, 5.74) is 1.28. The van der Waals surface area contributed by atoms with Crippen molar-refractivity contribution in [2.24, 2.45) is 0 Å². The number of carbonyl (C=O) groups is 2. The number of likely N-dealkylation sites (tertiary alicyclic amines) is 1. The van der Waals surface area contributed by atoms with Crippen LogP contribution in [0.2, 0.25) is 0 Å². The first kappa shape index (κ1) is 12.9. The summed E-state index contributed by atoms with van der Waals surface area (Å²) in [6, 6.07) is 1.00. The molecule has 2 aliphatic rings. The largest absolute Gasteiger partial charge is 0.492 e. The summed E-state index contributed by atoms with van der Waals surface area (Å²) in [7, 11) is 0. The van der Waals surface area contributed by atoms with E-state index in [2.05, 4.69) is 4.98 Å². The van der Waals surface area contributed by atoms with Gasteiger partial charge in [-0.25, -0.2) is 9.78 Å². The zero-order chi connectivity index (χ0) is 14.1. The normalized spacial score (nSPS) is 21.2. The maximum atomic E-state index is 12.4. The average Bonchev–Trinajstić information content (AvgIpc) is 2.95. The molecule has 0 aliphatic carbocycles. The molecule has 1 atom stereocenters. The molecule has 1 N–H and O–H groups in total. The molecule has 0 saturated carbocycles. The maximum Gasteiger partial charge on any atom is 0.326 e. The first-order chi connectivity index (χ1) is 9.66. The number of aromatic nitrogens is 1. The summed E-state index contributed by atoms with van der Waals surface area (Å²) < 4.78 is 5.46. The predicted octanol–water partition coefficient (Wildman–Crippen LogP) is 1.10. The van der Waals surface area contributed by atoms with Crippen molar-refractivity contribution in [2.75, 3.05) is 13.2 Å². The Bertz CT molecular complexity index is 558. The van der Waals surface area contributed by atoms with E-state index in [0.717, 1.165) is 30.6 Å².